The highest BCUT2D eigenvalue weighted by atomic mass is 16.1. The molecule has 3 unspecified atom stereocenters. The van der Waals surface area contributed by atoms with E-state index >= 15 is 0 Å². The number of nitrogens with zero attached hydrogens (tertiary/aromatic N) is 1. The van der Waals surface area contributed by atoms with Crippen molar-refractivity contribution in [2.24, 2.45) is 10.9 Å². The van der Waals surface area contributed by atoms with Gasteiger partial charge in [0.1, 0.15) is 0 Å². The first-order chi connectivity index (χ1) is 6.65. The molecule has 1 N–H and O–H groups in total. The Kier molecular flexibility index (Phi) is 1.56. The number of rotatable bonds is 1. The van der Waals surface area contributed by atoms with Crippen LogP contribution in [-0.2, 0) is 4.79 Å². The fourth-order valence-electron chi connectivity index (χ4n) is 3.71. The summed E-state index contributed by atoms with van der Waals surface area (Å²) in [6.45, 7) is 1.63. The third kappa shape index (κ3) is 1.18. The van der Waals surface area contributed by atoms with Crippen LogP contribution in [0.25, 0.3) is 0 Å². The van der Waals surface area contributed by atoms with E-state index in [2.05, 4.69) is 10.3 Å². The van der Waals surface area contributed by atoms with Gasteiger partial charge < -0.3 is 5.32 Å². The van der Waals surface area contributed by atoms with Crippen molar-refractivity contribution >= 4 is 11.6 Å². The molecular formula is C11H16N2O. The minimum Gasteiger partial charge on any atom is -0.350 e. The molecule has 3 heteroatoms. The van der Waals surface area contributed by atoms with Gasteiger partial charge in [0.05, 0.1) is 6.04 Å². The number of carbonyl (C=O) groups is 1. The topological polar surface area (TPSA) is 41.5 Å². The van der Waals surface area contributed by atoms with E-state index in [1.165, 1.54) is 25.0 Å². The minimum absolute atomic E-state index is 0.0920. The van der Waals surface area contributed by atoms with Crippen molar-refractivity contribution in [2.75, 3.05) is 0 Å². The lowest BCUT2D eigenvalue weighted by molar-refractivity contribution is -0.121. The van der Waals surface area contributed by atoms with E-state index in [1.807, 2.05) is 0 Å². The van der Waals surface area contributed by atoms with Crippen LogP contribution in [0.4, 0.5) is 0 Å². The molecule has 4 aliphatic rings. The Balaban J connectivity index is 1.90. The summed E-state index contributed by atoms with van der Waals surface area (Å²) in [6.07, 6.45) is 5.72. The predicted molar refractivity (Wildman–Crippen MR) is 54.3 cm³/mol. The normalized spacial score (nSPS) is 43.6. The monoisotopic (exact) mass is 192 g/mol. The van der Waals surface area contributed by atoms with Gasteiger partial charge in [-0.3, -0.25) is 9.79 Å². The Morgan fingerprint density at radius 2 is 2.43 bits per heavy atom. The van der Waals surface area contributed by atoms with Gasteiger partial charge in [-0.2, -0.15) is 0 Å². The predicted octanol–water partition coefficient (Wildman–Crippen LogP) is 1.28. The quantitative estimate of drug-likeness (QED) is 0.668. The van der Waals surface area contributed by atoms with E-state index in [-0.39, 0.29) is 11.4 Å². The minimum atomic E-state index is 0.0920. The molecule has 76 valence electrons. The summed E-state index contributed by atoms with van der Waals surface area (Å²) in [5, 5.41) is 3.17. The molecule has 1 amide bonds. The van der Waals surface area contributed by atoms with Gasteiger partial charge in [-0.15, -0.1) is 0 Å². The number of amides is 1. The molecule has 2 heterocycles. The zero-order valence-corrected chi connectivity index (χ0v) is 8.55. The maximum Gasteiger partial charge on any atom is 0.217 e. The Bertz CT molecular complexity index is 323. The van der Waals surface area contributed by atoms with Gasteiger partial charge in [0.2, 0.25) is 5.91 Å². The first-order valence-electron chi connectivity index (χ1n) is 5.49. The molecule has 4 bridgehead atoms. The molecule has 3 nitrogen and oxygen atoms in total. The number of hydrogen-bond acceptors (Lipinski definition) is 2. The number of hydrogen-bond donors (Lipinski definition) is 1. The largest absolute Gasteiger partial charge is 0.350 e. The fraction of sp³-hybridized carbons (Fsp3) is 0.818. The van der Waals surface area contributed by atoms with Crippen molar-refractivity contribution in [3.8, 4) is 0 Å². The van der Waals surface area contributed by atoms with Crippen LogP contribution in [0.15, 0.2) is 4.99 Å². The molecule has 0 spiro atoms. The summed E-state index contributed by atoms with van der Waals surface area (Å²) < 4.78 is 0. The van der Waals surface area contributed by atoms with E-state index in [1.54, 1.807) is 6.92 Å². The summed E-state index contributed by atoms with van der Waals surface area (Å²) in [6, 6.07) is 0.512. The lowest BCUT2D eigenvalue weighted by atomic mass is 9.62. The lowest BCUT2D eigenvalue weighted by Crippen LogP contribution is -2.59. The summed E-state index contributed by atoms with van der Waals surface area (Å²) >= 11 is 0. The molecule has 0 radical (unpaired) electrons. The maximum atomic E-state index is 11.2. The highest BCUT2D eigenvalue weighted by Gasteiger charge is 2.48. The van der Waals surface area contributed by atoms with E-state index in [9.17, 15) is 4.79 Å². The van der Waals surface area contributed by atoms with E-state index in [4.69, 9.17) is 0 Å². The van der Waals surface area contributed by atoms with E-state index in [0.29, 0.717) is 6.04 Å². The van der Waals surface area contributed by atoms with Crippen LogP contribution in [0.2, 0.25) is 0 Å². The van der Waals surface area contributed by atoms with Crippen LogP contribution >= 0.6 is 0 Å². The van der Waals surface area contributed by atoms with E-state index < -0.39 is 0 Å². The molecule has 0 aromatic carbocycles. The first kappa shape index (κ1) is 8.45. The third-order valence-corrected chi connectivity index (χ3v) is 3.78. The number of nitrogens with one attached hydrogen (secondary N) is 1. The second-order valence-electron chi connectivity index (χ2n) is 5.20. The van der Waals surface area contributed by atoms with Crippen LogP contribution in [-0.4, -0.2) is 23.2 Å². The second-order valence-corrected chi connectivity index (χ2v) is 5.20. The van der Waals surface area contributed by atoms with Gasteiger partial charge in [0, 0.05) is 24.6 Å². The van der Waals surface area contributed by atoms with Gasteiger partial charge in [-0.1, -0.05) is 0 Å². The standard InChI is InChI=1S/C11H16N2O/c1-7(14)13-11-4-8-2-9(5-11)12-10(3-8)6-11/h8-9H,2-6H2,1H3,(H,13,14). The summed E-state index contributed by atoms with van der Waals surface area (Å²) in [4.78, 5) is 15.9. The Labute approximate surface area is 84.0 Å². The van der Waals surface area contributed by atoms with E-state index in [0.717, 1.165) is 18.8 Å². The Hall–Kier alpha value is -0.860. The molecular weight excluding hydrogens is 176 g/mol. The smallest absolute Gasteiger partial charge is 0.217 e. The van der Waals surface area contributed by atoms with Crippen molar-refractivity contribution in [1.82, 2.24) is 5.32 Å². The average molecular weight is 192 g/mol. The van der Waals surface area contributed by atoms with Crippen LogP contribution < -0.4 is 5.32 Å². The first-order valence-corrected chi connectivity index (χ1v) is 5.49. The van der Waals surface area contributed by atoms with Crippen molar-refractivity contribution < 1.29 is 4.79 Å². The highest BCUT2D eigenvalue weighted by molar-refractivity contribution is 5.89. The van der Waals surface area contributed by atoms with Crippen molar-refractivity contribution in [2.45, 2.75) is 50.6 Å². The van der Waals surface area contributed by atoms with Gasteiger partial charge in [0.25, 0.3) is 0 Å². The van der Waals surface area contributed by atoms with Crippen molar-refractivity contribution in [3.63, 3.8) is 0 Å². The molecule has 3 atom stereocenters. The van der Waals surface area contributed by atoms with Crippen LogP contribution in [0.5, 0.6) is 0 Å². The summed E-state index contributed by atoms with van der Waals surface area (Å²) in [5.41, 5.74) is 1.45. The molecule has 4 rings (SSSR count). The van der Waals surface area contributed by atoms with Gasteiger partial charge >= 0.3 is 0 Å². The molecule has 0 aromatic heterocycles. The molecule has 2 fully saturated rings. The van der Waals surface area contributed by atoms with Crippen molar-refractivity contribution in [3.05, 3.63) is 0 Å². The number of aliphatic imine (C=N–C) groups is 1. The maximum absolute atomic E-state index is 11.2. The van der Waals surface area contributed by atoms with Gasteiger partial charge in [-0.25, -0.2) is 0 Å². The molecule has 14 heavy (non-hydrogen) atoms. The number of carbonyl (C=O) groups excluding carboxylic acids is 1. The Morgan fingerprint density at radius 3 is 3.07 bits per heavy atom. The van der Waals surface area contributed by atoms with Gasteiger partial charge in [-0.05, 0) is 31.6 Å². The van der Waals surface area contributed by atoms with Crippen LogP contribution in [0, 0.1) is 5.92 Å². The molecule has 0 saturated heterocycles. The Morgan fingerprint density at radius 1 is 1.57 bits per heavy atom. The highest BCUT2D eigenvalue weighted by Crippen LogP contribution is 2.46. The van der Waals surface area contributed by atoms with Crippen LogP contribution in [0.3, 0.4) is 0 Å². The molecule has 0 aromatic rings. The third-order valence-electron chi connectivity index (χ3n) is 3.78. The summed E-state index contributed by atoms with van der Waals surface area (Å²) in [7, 11) is 0. The van der Waals surface area contributed by atoms with Crippen molar-refractivity contribution in [1.29, 1.82) is 0 Å². The zero-order chi connectivity index (χ0) is 9.76. The van der Waals surface area contributed by atoms with Crippen LogP contribution in [0.1, 0.15) is 39.0 Å². The molecule has 2 aliphatic carbocycles. The lowest BCUT2D eigenvalue weighted by Gasteiger charge is -2.51. The SMILES string of the molecule is CC(=O)NC12CC3=NC(CC(C3)C1)C2. The zero-order valence-electron chi connectivity index (χ0n) is 8.55. The molecule has 2 saturated carbocycles. The fourth-order valence-corrected chi connectivity index (χ4v) is 3.71. The average Bonchev–Trinajstić information content (AvgIpc) is 1.96. The van der Waals surface area contributed by atoms with Gasteiger partial charge in [0.15, 0.2) is 0 Å². The molecule has 2 aliphatic heterocycles. The second kappa shape index (κ2) is 2.59. The summed E-state index contributed by atoms with van der Waals surface area (Å²) in [5.74, 6) is 0.911.